The topological polar surface area (TPSA) is 34.1 Å². The van der Waals surface area contributed by atoms with Crippen LogP contribution in [0.1, 0.15) is 57.4 Å². The van der Waals surface area contributed by atoms with Crippen molar-refractivity contribution in [3.8, 4) is 0 Å². The minimum absolute atomic E-state index is 0.202. The third kappa shape index (κ3) is 7.55. The summed E-state index contributed by atoms with van der Waals surface area (Å²) >= 11 is 0. The second-order valence-electron chi connectivity index (χ2n) is 5.02. The van der Waals surface area contributed by atoms with Gasteiger partial charge in [-0.25, -0.2) is 0 Å². The van der Waals surface area contributed by atoms with Gasteiger partial charge in [0, 0.05) is 25.7 Å². The van der Waals surface area contributed by atoms with Crippen LogP contribution in [0.2, 0.25) is 0 Å². The van der Waals surface area contributed by atoms with Crippen LogP contribution in [0.3, 0.4) is 0 Å². The number of carbonyl (C=O) groups excluding carboxylic acids is 2. The quantitative estimate of drug-likeness (QED) is 0.593. The summed E-state index contributed by atoms with van der Waals surface area (Å²) in [5.74, 6) is 0.439. The molecule has 0 unspecified atom stereocenters. The van der Waals surface area contributed by atoms with Crippen molar-refractivity contribution in [3.63, 3.8) is 0 Å². The van der Waals surface area contributed by atoms with Crippen LogP contribution in [0.5, 0.6) is 0 Å². The number of hydrogen-bond donors (Lipinski definition) is 0. The predicted molar refractivity (Wildman–Crippen MR) is 78.2 cm³/mol. The molecule has 1 aromatic carbocycles. The van der Waals surface area contributed by atoms with Crippen molar-refractivity contribution >= 4 is 11.6 Å². The van der Waals surface area contributed by atoms with E-state index in [1.54, 1.807) is 0 Å². The Kier molecular flexibility index (Phi) is 7.80. The molecule has 1 rings (SSSR count). The summed E-state index contributed by atoms with van der Waals surface area (Å²) in [5.41, 5.74) is 1.19. The Bertz CT molecular complexity index is 382. The highest BCUT2D eigenvalue weighted by atomic mass is 16.1. The Balaban J connectivity index is 2.12. The van der Waals surface area contributed by atoms with Crippen molar-refractivity contribution in [3.05, 3.63) is 35.9 Å². The second-order valence-corrected chi connectivity index (χ2v) is 5.02. The van der Waals surface area contributed by atoms with E-state index in [9.17, 15) is 9.59 Å². The third-order valence-electron chi connectivity index (χ3n) is 3.28. The fourth-order valence-corrected chi connectivity index (χ4v) is 2.03. The number of aryl methyl sites for hydroxylation is 1. The van der Waals surface area contributed by atoms with Crippen molar-refractivity contribution in [2.45, 2.75) is 58.3 Å². The number of Topliss-reactive ketones (excluding diaryl/α,β-unsaturated/α-hetero) is 2. The van der Waals surface area contributed by atoms with Gasteiger partial charge >= 0.3 is 0 Å². The van der Waals surface area contributed by atoms with Gasteiger partial charge in [0.25, 0.3) is 0 Å². The molecular formula is C17H24O2. The number of ketones is 2. The van der Waals surface area contributed by atoms with Crippen molar-refractivity contribution in [1.82, 2.24) is 0 Å². The van der Waals surface area contributed by atoms with E-state index in [0.717, 1.165) is 25.7 Å². The van der Waals surface area contributed by atoms with E-state index in [1.807, 2.05) is 30.3 Å². The Morgan fingerprint density at radius 1 is 0.842 bits per heavy atom. The van der Waals surface area contributed by atoms with Gasteiger partial charge in [-0.2, -0.15) is 0 Å². The number of carbonyl (C=O) groups is 2. The average molecular weight is 260 g/mol. The fraction of sp³-hybridized carbons (Fsp3) is 0.529. The maximum Gasteiger partial charge on any atom is 0.133 e. The average Bonchev–Trinajstić information content (AvgIpc) is 2.44. The van der Waals surface area contributed by atoms with Gasteiger partial charge in [-0.15, -0.1) is 0 Å². The molecule has 0 amide bonds. The molecule has 0 radical (unpaired) electrons. The molecule has 0 aliphatic rings. The summed E-state index contributed by atoms with van der Waals surface area (Å²) in [4.78, 5) is 23.2. The van der Waals surface area contributed by atoms with E-state index in [1.165, 1.54) is 5.56 Å². The summed E-state index contributed by atoms with van der Waals surface area (Å²) in [5, 5.41) is 0. The zero-order valence-corrected chi connectivity index (χ0v) is 11.9. The van der Waals surface area contributed by atoms with Crippen molar-refractivity contribution in [1.29, 1.82) is 0 Å². The van der Waals surface area contributed by atoms with Crippen LogP contribution in [0.4, 0.5) is 0 Å². The van der Waals surface area contributed by atoms with E-state index in [4.69, 9.17) is 0 Å². The van der Waals surface area contributed by atoms with Crippen molar-refractivity contribution < 1.29 is 9.59 Å². The fourth-order valence-electron chi connectivity index (χ4n) is 2.03. The first-order chi connectivity index (χ1) is 9.22. The second kappa shape index (κ2) is 9.48. The maximum absolute atomic E-state index is 11.7. The van der Waals surface area contributed by atoms with E-state index in [2.05, 4.69) is 6.92 Å². The Hall–Kier alpha value is -1.44. The monoisotopic (exact) mass is 260 g/mol. The lowest BCUT2D eigenvalue weighted by Crippen LogP contribution is -2.05. The summed E-state index contributed by atoms with van der Waals surface area (Å²) in [6.07, 6.45) is 6.01. The first-order valence-corrected chi connectivity index (χ1v) is 7.29. The van der Waals surface area contributed by atoms with Crippen LogP contribution in [-0.4, -0.2) is 11.6 Å². The van der Waals surface area contributed by atoms with E-state index < -0.39 is 0 Å². The predicted octanol–water partition coefficient (Wildman–Crippen LogP) is 4.12. The molecule has 0 saturated carbocycles. The molecular weight excluding hydrogens is 236 g/mol. The van der Waals surface area contributed by atoms with Gasteiger partial charge < -0.3 is 0 Å². The molecule has 0 fully saturated rings. The van der Waals surface area contributed by atoms with Gasteiger partial charge in [-0.3, -0.25) is 9.59 Å². The van der Waals surface area contributed by atoms with Gasteiger partial charge in [-0.05, 0) is 18.4 Å². The van der Waals surface area contributed by atoms with Crippen molar-refractivity contribution in [2.75, 3.05) is 0 Å². The van der Waals surface area contributed by atoms with E-state index >= 15 is 0 Å². The van der Waals surface area contributed by atoms with Crippen LogP contribution in [-0.2, 0) is 16.0 Å². The van der Waals surface area contributed by atoms with Gasteiger partial charge in [0.1, 0.15) is 11.6 Å². The molecule has 2 nitrogen and oxygen atoms in total. The Labute approximate surface area is 116 Å². The first-order valence-electron chi connectivity index (χ1n) is 7.29. The summed E-state index contributed by atoms with van der Waals surface area (Å²) in [6, 6.07) is 10.0. The zero-order chi connectivity index (χ0) is 13.9. The zero-order valence-electron chi connectivity index (χ0n) is 11.9. The van der Waals surface area contributed by atoms with Gasteiger partial charge in [0.05, 0.1) is 0 Å². The van der Waals surface area contributed by atoms with Crippen LogP contribution in [0.25, 0.3) is 0 Å². The standard InChI is InChI=1S/C17H24O2/c1-2-3-5-10-16(18)13-14-17(19)12-11-15-8-6-4-7-9-15/h4,6-9H,2-3,5,10-14H2,1H3. The molecule has 1 aromatic rings. The summed E-state index contributed by atoms with van der Waals surface area (Å²) < 4.78 is 0. The maximum atomic E-state index is 11.7. The molecule has 0 aromatic heterocycles. The van der Waals surface area contributed by atoms with Crippen LogP contribution in [0.15, 0.2) is 30.3 Å². The molecule has 0 N–H and O–H groups in total. The minimum Gasteiger partial charge on any atom is -0.300 e. The Morgan fingerprint density at radius 2 is 1.47 bits per heavy atom. The molecule has 0 bridgehead atoms. The molecule has 0 spiro atoms. The lowest BCUT2D eigenvalue weighted by atomic mass is 10.0. The SMILES string of the molecule is CCCCCC(=O)CCC(=O)CCc1ccccc1. The highest BCUT2D eigenvalue weighted by Crippen LogP contribution is 2.07. The highest BCUT2D eigenvalue weighted by molar-refractivity contribution is 5.86. The smallest absolute Gasteiger partial charge is 0.133 e. The van der Waals surface area contributed by atoms with E-state index in [-0.39, 0.29) is 11.6 Å². The van der Waals surface area contributed by atoms with Crippen LogP contribution < -0.4 is 0 Å². The largest absolute Gasteiger partial charge is 0.300 e. The number of unbranched alkanes of at least 4 members (excludes halogenated alkanes) is 2. The number of hydrogen-bond acceptors (Lipinski definition) is 2. The van der Waals surface area contributed by atoms with Gasteiger partial charge in [0.2, 0.25) is 0 Å². The summed E-state index contributed by atoms with van der Waals surface area (Å²) in [7, 11) is 0. The molecule has 104 valence electrons. The lowest BCUT2D eigenvalue weighted by molar-refractivity contribution is -0.124. The van der Waals surface area contributed by atoms with Crippen LogP contribution >= 0.6 is 0 Å². The van der Waals surface area contributed by atoms with Gasteiger partial charge in [-0.1, -0.05) is 50.1 Å². The molecule has 0 saturated heterocycles. The first kappa shape index (κ1) is 15.6. The molecule has 2 heteroatoms. The highest BCUT2D eigenvalue weighted by Gasteiger charge is 2.07. The molecule has 0 heterocycles. The lowest BCUT2D eigenvalue weighted by Gasteiger charge is -2.02. The minimum atomic E-state index is 0.202. The number of benzene rings is 1. The third-order valence-corrected chi connectivity index (χ3v) is 3.28. The molecule has 0 aliphatic heterocycles. The van der Waals surface area contributed by atoms with E-state index in [0.29, 0.717) is 25.7 Å². The molecule has 0 aliphatic carbocycles. The molecule has 0 atom stereocenters. The van der Waals surface area contributed by atoms with Gasteiger partial charge in [0.15, 0.2) is 0 Å². The molecule has 19 heavy (non-hydrogen) atoms. The van der Waals surface area contributed by atoms with Crippen LogP contribution in [0, 0.1) is 0 Å². The Morgan fingerprint density at radius 3 is 2.11 bits per heavy atom. The normalized spacial score (nSPS) is 10.4. The van der Waals surface area contributed by atoms with Crippen molar-refractivity contribution in [2.24, 2.45) is 0 Å². The number of rotatable bonds is 10. The summed E-state index contributed by atoms with van der Waals surface area (Å²) in [6.45, 7) is 2.12.